The second-order valence-corrected chi connectivity index (χ2v) is 10.5. The molecule has 3 saturated carbocycles. The molecule has 1 amide bonds. The molecular weight excluding hydrogens is 462 g/mol. The number of hydrogen-bond donors (Lipinski definition) is 2. The van der Waals surface area contributed by atoms with Crippen molar-refractivity contribution >= 4 is 27.5 Å². The van der Waals surface area contributed by atoms with Gasteiger partial charge in [-0.1, -0.05) is 29.8 Å². The number of halogens is 3. The van der Waals surface area contributed by atoms with Crippen LogP contribution in [0.2, 0.25) is 5.02 Å². The number of carbonyl (C=O) groups is 1. The lowest BCUT2D eigenvalue weighted by molar-refractivity contribution is -0.125. The number of hydrogen-bond acceptors (Lipinski definition) is 4. The SMILES string of the molecule is O=C(COc1ccc(Cl)c(F)c1)NC1CC(NS(=O)(=O)Cc2ccccc2F)C2CC1C2. The zero-order chi connectivity index (χ0) is 22.9. The van der Waals surface area contributed by atoms with E-state index < -0.39 is 27.4 Å². The highest BCUT2D eigenvalue weighted by atomic mass is 35.5. The van der Waals surface area contributed by atoms with Crippen molar-refractivity contribution in [3.63, 3.8) is 0 Å². The van der Waals surface area contributed by atoms with Gasteiger partial charge in [0.15, 0.2) is 6.61 Å². The van der Waals surface area contributed by atoms with Crippen LogP contribution in [0.1, 0.15) is 24.8 Å². The second-order valence-electron chi connectivity index (χ2n) is 8.34. The molecule has 2 N–H and O–H groups in total. The predicted molar refractivity (Wildman–Crippen MR) is 116 cm³/mol. The number of benzene rings is 2. The molecule has 2 aromatic carbocycles. The van der Waals surface area contributed by atoms with E-state index in [-0.39, 0.29) is 52.8 Å². The van der Waals surface area contributed by atoms with E-state index in [9.17, 15) is 22.0 Å². The average Bonchev–Trinajstić information content (AvgIpc) is 2.69. The van der Waals surface area contributed by atoms with E-state index in [0.29, 0.717) is 6.42 Å². The van der Waals surface area contributed by atoms with E-state index in [1.165, 1.54) is 30.3 Å². The Balaban J connectivity index is 1.31. The molecule has 172 valence electrons. The number of nitrogens with one attached hydrogen (secondary N) is 2. The maximum Gasteiger partial charge on any atom is 0.258 e. The highest BCUT2D eigenvalue weighted by Gasteiger charge is 2.47. The van der Waals surface area contributed by atoms with Crippen LogP contribution in [0.5, 0.6) is 5.75 Å². The molecule has 2 aromatic rings. The topological polar surface area (TPSA) is 84.5 Å². The maximum atomic E-state index is 13.8. The number of ether oxygens (including phenoxy) is 1. The first-order valence-corrected chi connectivity index (χ1v) is 12.3. The summed E-state index contributed by atoms with van der Waals surface area (Å²) in [5.74, 6) is -1.33. The van der Waals surface area contributed by atoms with E-state index in [0.717, 1.165) is 18.9 Å². The molecular formula is C22H23ClF2N2O4S. The summed E-state index contributed by atoms with van der Waals surface area (Å²) in [5, 5.41) is 2.86. The van der Waals surface area contributed by atoms with Gasteiger partial charge >= 0.3 is 0 Å². The van der Waals surface area contributed by atoms with Crippen molar-refractivity contribution < 1.29 is 26.7 Å². The van der Waals surface area contributed by atoms with E-state index in [4.69, 9.17) is 16.3 Å². The van der Waals surface area contributed by atoms with Gasteiger partial charge in [0.05, 0.1) is 10.8 Å². The second kappa shape index (κ2) is 9.33. The quantitative estimate of drug-likeness (QED) is 0.601. The Bertz CT molecular complexity index is 1110. The molecule has 0 aromatic heterocycles. The number of sulfonamides is 1. The molecule has 3 aliphatic rings. The van der Waals surface area contributed by atoms with Crippen LogP contribution in [-0.4, -0.2) is 33.0 Å². The molecule has 32 heavy (non-hydrogen) atoms. The molecule has 6 nitrogen and oxygen atoms in total. The number of amides is 1. The Kier molecular flexibility index (Phi) is 6.69. The molecule has 0 aliphatic heterocycles. The van der Waals surface area contributed by atoms with Gasteiger partial charge in [-0.3, -0.25) is 4.79 Å². The van der Waals surface area contributed by atoms with Gasteiger partial charge in [0, 0.05) is 23.7 Å². The van der Waals surface area contributed by atoms with Crippen LogP contribution in [-0.2, 0) is 20.6 Å². The van der Waals surface area contributed by atoms with Crippen LogP contribution in [0.3, 0.4) is 0 Å². The molecule has 2 bridgehead atoms. The lowest BCUT2D eigenvalue weighted by atomic mass is 9.60. The summed E-state index contributed by atoms with van der Waals surface area (Å²) < 4.78 is 60.5. The van der Waals surface area contributed by atoms with Crippen LogP contribution < -0.4 is 14.8 Å². The van der Waals surface area contributed by atoms with Gasteiger partial charge in [-0.25, -0.2) is 21.9 Å². The first-order valence-electron chi connectivity index (χ1n) is 10.3. The van der Waals surface area contributed by atoms with E-state index in [2.05, 4.69) is 10.0 Å². The number of rotatable bonds is 8. The van der Waals surface area contributed by atoms with Crippen LogP contribution in [0.15, 0.2) is 42.5 Å². The van der Waals surface area contributed by atoms with Crippen LogP contribution in [0.25, 0.3) is 0 Å². The molecule has 3 fully saturated rings. The molecule has 10 heteroatoms. The Morgan fingerprint density at radius 2 is 1.75 bits per heavy atom. The molecule has 0 saturated heterocycles. The van der Waals surface area contributed by atoms with Crippen molar-refractivity contribution in [1.29, 1.82) is 0 Å². The first-order chi connectivity index (χ1) is 15.2. The minimum absolute atomic E-state index is 0.0351. The smallest absolute Gasteiger partial charge is 0.258 e. The standard InChI is InChI=1S/C22H23ClF2N2O4S/c23-17-6-5-16(9-19(17)25)31-11-22(28)26-20-10-21(15-7-14(20)8-15)27-32(29,30)12-13-3-1-2-4-18(13)24/h1-6,9,14-15,20-21,27H,7-8,10-12H2,(H,26,28). The van der Waals surface area contributed by atoms with Gasteiger partial charge in [0.2, 0.25) is 10.0 Å². The molecule has 3 aliphatic carbocycles. The largest absolute Gasteiger partial charge is 0.484 e. The van der Waals surface area contributed by atoms with Crippen molar-refractivity contribution in [3.8, 4) is 5.75 Å². The van der Waals surface area contributed by atoms with Gasteiger partial charge in [0.1, 0.15) is 17.4 Å². The number of carbonyl (C=O) groups excluding carboxylic acids is 1. The highest BCUT2D eigenvalue weighted by Crippen LogP contribution is 2.46. The summed E-state index contributed by atoms with van der Waals surface area (Å²) in [6.07, 6.45) is 2.06. The Morgan fingerprint density at radius 1 is 1.03 bits per heavy atom. The van der Waals surface area contributed by atoms with Crippen molar-refractivity contribution in [3.05, 3.63) is 64.7 Å². The molecule has 0 spiro atoms. The van der Waals surface area contributed by atoms with Crippen molar-refractivity contribution in [1.82, 2.24) is 10.0 Å². The third-order valence-electron chi connectivity index (χ3n) is 6.10. The third kappa shape index (κ3) is 5.39. The fourth-order valence-corrected chi connectivity index (χ4v) is 6.00. The zero-order valence-electron chi connectivity index (χ0n) is 17.1. The van der Waals surface area contributed by atoms with Crippen LogP contribution in [0, 0.1) is 23.5 Å². The first kappa shape index (κ1) is 22.9. The summed E-state index contributed by atoms with van der Waals surface area (Å²) in [7, 11) is -3.74. The minimum Gasteiger partial charge on any atom is -0.484 e. The van der Waals surface area contributed by atoms with E-state index in [1.54, 1.807) is 6.07 Å². The van der Waals surface area contributed by atoms with Crippen molar-refractivity contribution in [2.45, 2.75) is 37.1 Å². The molecule has 0 heterocycles. The van der Waals surface area contributed by atoms with Gasteiger partial charge < -0.3 is 10.1 Å². The number of fused-ring (bicyclic) bond motifs is 2. The average molecular weight is 485 g/mol. The van der Waals surface area contributed by atoms with Gasteiger partial charge in [-0.05, 0) is 49.3 Å². The zero-order valence-corrected chi connectivity index (χ0v) is 18.6. The lowest BCUT2D eigenvalue weighted by Crippen LogP contribution is -2.60. The van der Waals surface area contributed by atoms with Gasteiger partial charge in [-0.2, -0.15) is 0 Å². The van der Waals surface area contributed by atoms with E-state index >= 15 is 0 Å². The molecule has 0 radical (unpaired) electrons. The summed E-state index contributed by atoms with van der Waals surface area (Å²) >= 11 is 5.63. The summed E-state index contributed by atoms with van der Waals surface area (Å²) in [4.78, 5) is 12.3. The summed E-state index contributed by atoms with van der Waals surface area (Å²) in [6, 6.07) is 9.18. The Hall–Kier alpha value is -2.23. The Morgan fingerprint density at radius 3 is 2.47 bits per heavy atom. The third-order valence-corrected chi connectivity index (χ3v) is 7.76. The van der Waals surface area contributed by atoms with Crippen LogP contribution >= 0.6 is 11.6 Å². The highest BCUT2D eigenvalue weighted by molar-refractivity contribution is 7.88. The molecule has 2 unspecified atom stereocenters. The van der Waals surface area contributed by atoms with Crippen LogP contribution in [0.4, 0.5) is 8.78 Å². The normalized spacial score (nSPS) is 24.5. The summed E-state index contributed by atoms with van der Waals surface area (Å²) in [6.45, 7) is -0.294. The fraction of sp³-hybridized carbons (Fsp3) is 0.409. The monoisotopic (exact) mass is 484 g/mol. The Labute approximate surface area is 190 Å². The van der Waals surface area contributed by atoms with Crippen molar-refractivity contribution in [2.24, 2.45) is 11.8 Å². The molecule has 5 rings (SSSR count). The maximum absolute atomic E-state index is 13.8. The van der Waals surface area contributed by atoms with E-state index in [1.807, 2.05) is 0 Å². The minimum atomic E-state index is -3.74. The summed E-state index contributed by atoms with van der Waals surface area (Å²) in [5.41, 5.74) is 0.114. The van der Waals surface area contributed by atoms with Gasteiger partial charge in [0.25, 0.3) is 5.91 Å². The fourth-order valence-electron chi connectivity index (χ4n) is 4.40. The van der Waals surface area contributed by atoms with Gasteiger partial charge in [-0.15, -0.1) is 0 Å². The van der Waals surface area contributed by atoms with Crippen molar-refractivity contribution in [2.75, 3.05) is 6.61 Å². The predicted octanol–water partition coefficient (Wildman–Crippen LogP) is 3.40. The lowest BCUT2D eigenvalue weighted by Gasteiger charge is -2.51. The molecule has 2 atom stereocenters.